The Kier molecular flexibility index (Phi) is 4.80. The molecular weight excluding hydrogens is 355 g/mol. The predicted octanol–water partition coefficient (Wildman–Crippen LogP) is 2.03. The summed E-state index contributed by atoms with van der Waals surface area (Å²) in [6, 6.07) is 6.71. The van der Waals surface area contributed by atoms with Gasteiger partial charge in [-0.05, 0) is 18.1 Å². The number of fused-ring (bicyclic) bond motifs is 1. The van der Waals surface area contributed by atoms with Gasteiger partial charge in [-0.3, -0.25) is 4.40 Å². The van der Waals surface area contributed by atoms with E-state index in [1.807, 2.05) is 10.5 Å². The number of benzene rings is 1. The number of nitrogens with zero attached hydrogens (tertiary/aromatic N) is 3. The van der Waals surface area contributed by atoms with Crippen molar-refractivity contribution in [2.24, 2.45) is 0 Å². The number of hydrogen-bond acceptors (Lipinski definition) is 6. The number of rotatable bonds is 5. The van der Waals surface area contributed by atoms with E-state index in [2.05, 4.69) is 15.3 Å². The van der Waals surface area contributed by atoms with E-state index < -0.39 is 12.2 Å². The molecule has 26 heavy (non-hydrogen) atoms. The van der Waals surface area contributed by atoms with Crippen molar-refractivity contribution in [3.63, 3.8) is 0 Å². The van der Waals surface area contributed by atoms with Crippen LogP contribution in [0, 0.1) is 5.82 Å². The Bertz CT molecular complexity index is 919. The fraction of sp³-hybridized carbons (Fsp3) is 0.333. The summed E-state index contributed by atoms with van der Waals surface area (Å²) in [7, 11) is 0. The highest BCUT2D eigenvalue weighted by molar-refractivity contribution is 7.99. The van der Waals surface area contributed by atoms with Crippen LogP contribution in [0.5, 0.6) is 0 Å². The topological polar surface area (TPSA) is 82.7 Å². The summed E-state index contributed by atoms with van der Waals surface area (Å²) in [6.45, 7) is 0.523. The van der Waals surface area contributed by atoms with Gasteiger partial charge in [0, 0.05) is 24.7 Å². The second-order valence-corrected chi connectivity index (χ2v) is 7.41. The number of imidazole rings is 1. The fourth-order valence-electron chi connectivity index (χ4n) is 3.15. The van der Waals surface area contributed by atoms with Crippen molar-refractivity contribution < 1.29 is 14.6 Å². The van der Waals surface area contributed by atoms with Crippen LogP contribution >= 0.6 is 11.8 Å². The average Bonchev–Trinajstić information content (AvgIpc) is 3.21. The zero-order valence-corrected chi connectivity index (χ0v) is 14.7. The van der Waals surface area contributed by atoms with Crippen molar-refractivity contribution in [3.8, 4) is 0 Å². The molecule has 0 aliphatic carbocycles. The quantitative estimate of drug-likeness (QED) is 0.634. The van der Waals surface area contributed by atoms with Crippen LogP contribution in [0.25, 0.3) is 5.65 Å². The lowest BCUT2D eigenvalue weighted by Crippen LogP contribution is -2.25. The third-order valence-corrected chi connectivity index (χ3v) is 5.96. The number of anilines is 1. The van der Waals surface area contributed by atoms with Crippen LogP contribution in [0.2, 0.25) is 0 Å². The molecule has 2 aromatic heterocycles. The number of thioether (sulfide) groups is 1. The molecule has 136 valence electrons. The van der Waals surface area contributed by atoms with Gasteiger partial charge in [0.05, 0.1) is 29.3 Å². The molecular formula is C18H19FN4O2S. The Morgan fingerprint density at radius 2 is 2.12 bits per heavy atom. The maximum absolute atomic E-state index is 13.7. The number of halogens is 1. The van der Waals surface area contributed by atoms with Crippen LogP contribution in [0.15, 0.2) is 42.9 Å². The van der Waals surface area contributed by atoms with Crippen molar-refractivity contribution in [2.75, 3.05) is 17.6 Å². The highest BCUT2D eigenvalue weighted by Crippen LogP contribution is 2.40. The first kappa shape index (κ1) is 17.3. The lowest BCUT2D eigenvalue weighted by atomic mass is 10.1. The molecule has 1 saturated heterocycles. The van der Waals surface area contributed by atoms with E-state index >= 15 is 0 Å². The van der Waals surface area contributed by atoms with Gasteiger partial charge in [-0.2, -0.15) is 0 Å². The first-order chi connectivity index (χ1) is 12.6. The van der Waals surface area contributed by atoms with Crippen LogP contribution in [0.3, 0.4) is 0 Å². The van der Waals surface area contributed by atoms with Crippen molar-refractivity contribution in [3.05, 3.63) is 59.9 Å². The smallest absolute Gasteiger partial charge is 0.180 e. The molecule has 1 aliphatic rings. The van der Waals surface area contributed by atoms with Crippen molar-refractivity contribution in [1.29, 1.82) is 0 Å². The number of aliphatic hydroxyl groups excluding tert-OH is 2. The summed E-state index contributed by atoms with van der Waals surface area (Å²) in [5, 5.41) is 22.9. The predicted molar refractivity (Wildman–Crippen MR) is 98.8 cm³/mol. The van der Waals surface area contributed by atoms with E-state index in [1.165, 1.54) is 17.8 Å². The Morgan fingerprint density at radius 3 is 2.88 bits per heavy atom. The van der Waals surface area contributed by atoms with Crippen LogP contribution in [0.4, 0.5) is 10.2 Å². The van der Waals surface area contributed by atoms with Gasteiger partial charge >= 0.3 is 0 Å². The number of nitrogens with one attached hydrogen (secondary N) is 1. The molecule has 1 aliphatic heterocycles. The third kappa shape index (κ3) is 3.15. The molecule has 8 heteroatoms. The zero-order valence-electron chi connectivity index (χ0n) is 13.9. The highest BCUT2D eigenvalue weighted by atomic mass is 32.2. The molecule has 4 rings (SSSR count). The number of hydrogen-bond donors (Lipinski definition) is 3. The van der Waals surface area contributed by atoms with Crippen LogP contribution < -0.4 is 5.32 Å². The van der Waals surface area contributed by atoms with Crippen molar-refractivity contribution in [1.82, 2.24) is 14.4 Å². The first-order valence-corrected chi connectivity index (χ1v) is 9.47. The van der Waals surface area contributed by atoms with Gasteiger partial charge in [0.25, 0.3) is 0 Å². The molecule has 3 heterocycles. The molecule has 3 atom stereocenters. The molecule has 0 radical (unpaired) electrons. The van der Waals surface area contributed by atoms with Gasteiger partial charge in [0.2, 0.25) is 0 Å². The van der Waals surface area contributed by atoms with Crippen molar-refractivity contribution in [2.45, 2.75) is 23.9 Å². The molecule has 1 aromatic carbocycles. The minimum absolute atomic E-state index is 0.214. The second kappa shape index (κ2) is 7.22. The van der Waals surface area contributed by atoms with E-state index in [4.69, 9.17) is 0 Å². The molecule has 0 amide bonds. The summed E-state index contributed by atoms with van der Waals surface area (Å²) < 4.78 is 15.6. The van der Waals surface area contributed by atoms with Crippen LogP contribution in [-0.4, -0.2) is 49.1 Å². The van der Waals surface area contributed by atoms with Gasteiger partial charge in [-0.1, -0.05) is 18.2 Å². The van der Waals surface area contributed by atoms with Gasteiger partial charge in [0.15, 0.2) is 11.5 Å². The van der Waals surface area contributed by atoms with Gasteiger partial charge in [0.1, 0.15) is 5.82 Å². The zero-order chi connectivity index (χ0) is 18.1. The minimum atomic E-state index is -0.814. The molecule has 0 spiro atoms. The number of aliphatic hydroxyl groups is 2. The summed E-state index contributed by atoms with van der Waals surface area (Å²) >= 11 is 1.51. The van der Waals surface area contributed by atoms with E-state index in [1.54, 1.807) is 30.7 Å². The highest BCUT2D eigenvalue weighted by Gasteiger charge is 2.37. The van der Waals surface area contributed by atoms with E-state index in [0.717, 1.165) is 5.69 Å². The molecule has 0 bridgehead atoms. The third-order valence-electron chi connectivity index (χ3n) is 4.54. The van der Waals surface area contributed by atoms with Gasteiger partial charge in [-0.25, -0.2) is 14.4 Å². The molecule has 6 nitrogen and oxygen atoms in total. The standard InChI is InChI=1S/C18H19FN4O2S/c19-12-4-2-1-3-11(12)5-6-20-17-18-22-9-13(23(18)8-7-21-17)16-15(25)14(24)10-26-16/h1-4,7-9,14-16,24-25H,5-6,10H2,(H,20,21)/t14-,15-,16+/m1/s1. The Balaban J connectivity index is 1.53. The summed E-state index contributed by atoms with van der Waals surface area (Å²) in [6.07, 6.45) is 4.15. The maximum Gasteiger partial charge on any atom is 0.180 e. The average molecular weight is 374 g/mol. The largest absolute Gasteiger partial charge is 0.390 e. The second-order valence-electron chi connectivity index (χ2n) is 6.23. The lowest BCUT2D eigenvalue weighted by Gasteiger charge is -2.15. The summed E-state index contributed by atoms with van der Waals surface area (Å²) in [4.78, 5) is 8.75. The molecule has 1 fully saturated rings. The van der Waals surface area contributed by atoms with Crippen LogP contribution in [-0.2, 0) is 6.42 Å². The number of aromatic nitrogens is 3. The molecule has 3 N–H and O–H groups in total. The molecule has 0 saturated carbocycles. The van der Waals surface area contributed by atoms with E-state index in [0.29, 0.717) is 35.7 Å². The first-order valence-electron chi connectivity index (χ1n) is 8.42. The SMILES string of the molecule is O[C@@H]1[C@H](O)CS[C@H]1c1cnc2c(NCCc3ccccc3F)nccn12. The normalized spacial score (nSPS) is 22.8. The molecule has 3 aromatic rings. The minimum Gasteiger partial charge on any atom is -0.390 e. The molecule has 0 unspecified atom stereocenters. The lowest BCUT2D eigenvalue weighted by molar-refractivity contribution is 0.0411. The van der Waals surface area contributed by atoms with Gasteiger partial charge < -0.3 is 15.5 Å². The maximum atomic E-state index is 13.7. The van der Waals surface area contributed by atoms with Crippen molar-refractivity contribution >= 4 is 23.2 Å². The Labute approximate surface area is 154 Å². The van der Waals surface area contributed by atoms with Crippen LogP contribution in [0.1, 0.15) is 16.5 Å². The monoisotopic (exact) mass is 374 g/mol. The van der Waals surface area contributed by atoms with E-state index in [9.17, 15) is 14.6 Å². The van der Waals surface area contributed by atoms with Gasteiger partial charge in [-0.15, -0.1) is 11.8 Å². The van der Waals surface area contributed by atoms with E-state index in [-0.39, 0.29) is 11.1 Å². The Hall–Kier alpha value is -2.16. The Morgan fingerprint density at radius 1 is 1.27 bits per heavy atom. The summed E-state index contributed by atoms with van der Waals surface area (Å²) in [5.41, 5.74) is 2.12. The summed E-state index contributed by atoms with van der Waals surface area (Å²) in [5.74, 6) is 0.889. The fourth-order valence-corrected chi connectivity index (χ4v) is 4.48.